The van der Waals surface area contributed by atoms with E-state index in [2.05, 4.69) is 26.1 Å². The molecule has 0 spiro atoms. The van der Waals surface area contributed by atoms with Gasteiger partial charge in [0.05, 0.1) is 11.1 Å². The minimum absolute atomic E-state index is 0.0403. The van der Waals surface area contributed by atoms with Crippen molar-refractivity contribution in [3.63, 3.8) is 0 Å². The van der Waals surface area contributed by atoms with Crippen LogP contribution in [0.25, 0.3) is 17.0 Å². The van der Waals surface area contributed by atoms with Gasteiger partial charge in [0.15, 0.2) is 11.5 Å². The summed E-state index contributed by atoms with van der Waals surface area (Å²) in [7, 11) is 0. The van der Waals surface area contributed by atoms with Crippen LogP contribution in [0.15, 0.2) is 34.9 Å². The van der Waals surface area contributed by atoms with Gasteiger partial charge in [-0.1, -0.05) is 15.9 Å². The third-order valence-corrected chi connectivity index (χ3v) is 3.34. The highest BCUT2D eigenvalue weighted by molar-refractivity contribution is 9.10. The number of hydrogen-bond donors (Lipinski definition) is 1. The van der Waals surface area contributed by atoms with Crippen LogP contribution in [0.5, 0.6) is 0 Å². The van der Waals surface area contributed by atoms with Gasteiger partial charge in [0.2, 0.25) is 0 Å². The standard InChI is InChI=1S/C13H6BrF2N3O2/c14-7-3-8(15)11(9(16)4-7)12-18-17-10-2-1-6(13(20)21)5-19(10)12/h1-5H,(H,20,21). The predicted molar refractivity (Wildman–Crippen MR) is 73.0 cm³/mol. The van der Waals surface area contributed by atoms with E-state index in [4.69, 9.17) is 5.11 Å². The van der Waals surface area contributed by atoms with E-state index in [1.165, 1.54) is 22.7 Å². The van der Waals surface area contributed by atoms with Crippen LogP contribution >= 0.6 is 15.9 Å². The molecule has 2 aromatic heterocycles. The number of nitrogens with zero attached hydrogens (tertiary/aromatic N) is 3. The lowest BCUT2D eigenvalue weighted by atomic mass is 10.2. The number of aromatic nitrogens is 3. The number of benzene rings is 1. The molecule has 0 amide bonds. The molecule has 0 atom stereocenters. The van der Waals surface area contributed by atoms with Gasteiger partial charge in [0.1, 0.15) is 11.6 Å². The Morgan fingerprint density at radius 3 is 2.48 bits per heavy atom. The second kappa shape index (κ2) is 4.88. The second-order valence-corrected chi connectivity index (χ2v) is 5.13. The Kier molecular flexibility index (Phi) is 3.17. The summed E-state index contributed by atoms with van der Waals surface area (Å²) in [6.45, 7) is 0. The number of carboxylic acid groups (broad SMARTS) is 1. The van der Waals surface area contributed by atoms with Gasteiger partial charge in [0.25, 0.3) is 0 Å². The van der Waals surface area contributed by atoms with E-state index < -0.39 is 17.6 Å². The molecule has 1 aromatic carbocycles. The average molecular weight is 354 g/mol. The van der Waals surface area contributed by atoms with Gasteiger partial charge in [-0.05, 0) is 24.3 Å². The van der Waals surface area contributed by atoms with Crippen LogP contribution in [0, 0.1) is 11.6 Å². The number of hydrogen-bond acceptors (Lipinski definition) is 3. The molecule has 106 valence electrons. The molecule has 0 aliphatic heterocycles. The third-order valence-electron chi connectivity index (χ3n) is 2.88. The first-order valence-electron chi connectivity index (χ1n) is 5.70. The molecule has 3 rings (SSSR count). The van der Waals surface area contributed by atoms with E-state index in [0.29, 0.717) is 0 Å². The molecule has 0 aliphatic rings. The summed E-state index contributed by atoms with van der Waals surface area (Å²) in [5, 5.41) is 16.5. The molecule has 8 heteroatoms. The number of carbonyl (C=O) groups is 1. The summed E-state index contributed by atoms with van der Waals surface area (Å²) in [5.41, 5.74) is -0.119. The Labute approximate surface area is 125 Å². The third kappa shape index (κ3) is 2.27. The summed E-state index contributed by atoms with van der Waals surface area (Å²) >= 11 is 2.99. The molecule has 0 radical (unpaired) electrons. The number of rotatable bonds is 2. The van der Waals surface area contributed by atoms with E-state index in [-0.39, 0.29) is 27.1 Å². The maximum absolute atomic E-state index is 14.0. The molecule has 5 nitrogen and oxygen atoms in total. The molecule has 2 heterocycles. The molecule has 21 heavy (non-hydrogen) atoms. The van der Waals surface area contributed by atoms with Crippen molar-refractivity contribution in [3.05, 3.63) is 52.1 Å². The lowest BCUT2D eigenvalue weighted by molar-refractivity contribution is 0.0696. The van der Waals surface area contributed by atoms with Crippen LogP contribution in [0.4, 0.5) is 8.78 Å². The van der Waals surface area contributed by atoms with E-state index in [9.17, 15) is 13.6 Å². The van der Waals surface area contributed by atoms with Gasteiger partial charge >= 0.3 is 5.97 Å². The highest BCUT2D eigenvalue weighted by Crippen LogP contribution is 2.28. The molecule has 0 bridgehead atoms. The Morgan fingerprint density at radius 1 is 1.19 bits per heavy atom. The van der Waals surface area contributed by atoms with Crippen molar-refractivity contribution < 1.29 is 18.7 Å². The summed E-state index contributed by atoms with van der Waals surface area (Å²) in [5.74, 6) is -2.90. The smallest absolute Gasteiger partial charge is 0.337 e. The number of halogens is 3. The summed E-state index contributed by atoms with van der Waals surface area (Å²) in [6.07, 6.45) is 1.22. The maximum atomic E-state index is 14.0. The molecule has 0 saturated heterocycles. The van der Waals surface area contributed by atoms with Gasteiger partial charge in [-0.15, -0.1) is 10.2 Å². The van der Waals surface area contributed by atoms with Crippen LogP contribution in [-0.2, 0) is 0 Å². The largest absolute Gasteiger partial charge is 0.478 e. The van der Waals surface area contributed by atoms with Gasteiger partial charge in [-0.25, -0.2) is 13.6 Å². The Morgan fingerprint density at radius 2 is 1.86 bits per heavy atom. The Hall–Kier alpha value is -2.35. The molecule has 0 aliphatic carbocycles. The van der Waals surface area contributed by atoms with E-state index in [1.807, 2.05) is 0 Å². The minimum atomic E-state index is -1.16. The van der Waals surface area contributed by atoms with Crippen molar-refractivity contribution in [2.45, 2.75) is 0 Å². The highest BCUT2D eigenvalue weighted by atomic mass is 79.9. The van der Waals surface area contributed by atoms with E-state index >= 15 is 0 Å². The monoisotopic (exact) mass is 353 g/mol. The molecule has 0 saturated carbocycles. The fraction of sp³-hybridized carbons (Fsp3) is 0. The molecule has 0 fully saturated rings. The molecule has 1 N–H and O–H groups in total. The van der Waals surface area contributed by atoms with Crippen LogP contribution in [0.1, 0.15) is 10.4 Å². The maximum Gasteiger partial charge on any atom is 0.337 e. The SMILES string of the molecule is O=C(O)c1ccc2nnc(-c3c(F)cc(Br)cc3F)n2c1. The van der Waals surface area contributed by atoms with Crippen LogP contribution < -0.4 is 0 Å². The predicted octanol–water partition coefficient (Wildman–Crippen LogP) is 3.14. The average Bonchev–Trinajstić information content (AvgIpc) is 2.80. The zero-order valence-corrected chi connectivity index (χ0v) is 11.8. The summed E-state index contributed by atoms with van der Waals surface area (Å²) < 4.78 is 29.5. The number of aromatic carboxylic acids is 1. The lowest BCUT2D eigenvalue weighted by Gasteiger charge is -2.05. The molecular weight excluding hydrogens is 348 g/mol. The molecule has 3 aromatic rings. The fourth-order valence-corrected chi connectivity index (χ4v) is 2.35. The zero-order valence-electron chi connectivity index (χ0n) is 10.2. The highest BCUT2D eigenvalue weighted by Gasteiger charge is 2.19. The van der Waals surface area contributed by atoms with Crippen LogP contribution in [-0.4, -0.2) is 25.7 Å². The topological polar surface area (TPSA) is 67.5 Å². The van der Waals surface area contributed by atoms with Gasteiger partial charge < -0.3 is 5.11 Å². The normalized spacial score (nSPS) is 11.0. The molecular formula is C13H6BrF2N3O2. The quantitative estimate of drug-likeness (QED) is 0.768. The van der Waals surface area contributed by atoms with Crippen molar-refractivity contribution >= 4 is 27.5 Å². The fourth-order valence-electron chi connectivity index (χ4n) is 1.94. The lowest BCUT2D eigenvalue weighted by Crippen LogP contribution is -2.01. The minimum Gasteiger partial charge on any atom is -0.478 e. The van der Waals surface area contributed by atoms with Crippen LogP contribution in [0.2, 0.25) is 0 Å². The van der Waals surface area contributed by atoms with Gasteiger partial charge in [0, 0.05) is 10.7 Å². The van der Waals surface area contributed by atoms with Crippen molar-refractivity contribution in [2.75, 3.05) is 0 Å². The molecule has 0 unspecified atom stereocenters. The van der Waals surface area contributed by atoms with Crippen molar-refractivity contribution in [1.29, 1.82) is 0 Å². The van der Waals surface area contributed by atoms with E-state index in [1.54, 1.807) is 0 Å². The number of carboxylic acids is 1. The summed E-state index contributed by atoms with van der Waals surface area (Å²) in [6, 6.07) is 4.94. The van der Waals surface area contributed by atoms with Crippen LogP contribution in [0.3, 0.4) is 0 Å². The Balaban J connectivity index is 2.30. The van der Waals surface area contributed by atoms with Crippen molar-refractivity contribution in [3.8, 4) is 11.4 Å². The zero-order chi connectivity index (χ0) is 15.1. The Bertz CT molecular complexity index is 856. The first-order valence-corrected chi connectivity index (χ1v) is 6.49. The second-order valence-electron chi connectivity index (χ2n) is 4.22. The summed E-state index contributed by atoms with van der Waals surface area (Å²) in [4.78, 5) is 11.0. The van der Waals surface area contributed by atoms with Gasteiger partial charge in [-0.2, -0.15) is 0 Å². The first-order chi connectivity index (χ1) is 9.97. The van der Waals surface area contributed by atoms with Crippen molar-refractivity contribution in [2.24, 2.45) is 0 Å². The number of fused-ring (bicyclic) bond motifs is 1. The number of pyridine rings is 1. The first kappa shape index (κ1) is 13.6. The van der Waals surface area contributed by atoms with Crippen molar-refractivity contribution in [1.82, 2.24) is 14.6 Å². The van der Waals surface area contributed by atoms with Gasteiger partial charge in [-0.3, -0.25) is 4.40 Å². The van der Waals surface area contributed by atoms with E-state index in [0.717, 1.165) is 12.1 Å².